The van der Waals surface area contributed by atoms with Crippen molar-refractivity contribution in [3.63, 3.8) is 0 Å². The highest BCUT2D eigenvalue weighted by molar-refractivity contribution is 7.99. The summed E-state index contributed by atoms with van der Waals surface area (Å²) < 4.78 is 0. The van der Waals surface area contributed by atoms with E-state index in [-0.39, 0.29) is 12.5 Å². The zero-order valence-corrected chi connectivity index (χ0v) is 12.8. The van der Waals surface area contributed by atoms with Crippen LogP contribution in [0.5, 0.6) is 0 Å². The Morgan fingerprint density at radius 1 is 1.45 bits per heavy atom. The molecule has 2 atom stereocenters. The van der Waals surface area contributed by atoms with Gasteiger partial charge in [0.05, 0.1) is 6.42 Å². The maximum atomic E-state index is 11.1. The topological polar surface area (TPSA) is 40.5 Å². The lowest BCUT2D eigenvalue weighted by atomic mass is 9.98. The van der Waals surface area contributed by atoms with Crippen molar-refractivity contribution >= 4 is 17.7 Å². The molecule has 1 heterocycles. The Morgan fingerprint density at radius 3 is 2.85 bits per heavy atom. The summed E-state index contributed by atoms with van der Waals surface area (Å²) in [6.45, 7) is 3.18. The summed E-state index contributed by atoms with van der Waals surface area (Å²) in [4.78, 5) is 13.5. The number of carboxylic acids is 1. The van der Waals surface area contributed by atoms with Crippen LogP contribution >= 0.6 is 11.8 Å². The average Bonchev–Trinajstić information content (AvgIpc) is 2.46. The zero-order valence-electron chi connectivity index (χ0n) is 12.0. The molecular weight excluding hydrogens is 270 g/mol. The molecule has 1 fully saturated rings. The van der Waals surface area contributed by atoms with Gasteiger partial charge < -0.3 is 5.11 Å². The first kappa shape index (κ1) is 15.4. The number of benzene rings is 1. The minimum absolute atomic E-state index is 0.156. The predicted molar refractivity (Wildman–Crippen MR) is 84.2 cm³/mol. The van der Waals surface area contributed by atoms with E-state index in [1.807, 2.05) is 17.8 Å². The van der Waals surface area contributed by atoms with Crippen LogP contribution in [0.15, 0.2) is 30.3 Å². The summed E-state index contributed by atoms with van der Waals surface area (Å²) in [6, 6.07) is 11.0. The number of hydrogen-bond donors (Lipinski definition) is 1. The van der Waals surface area contributed by atoms with E-state index in [9.17, 15) is 4.79 Å². The Balaban J connectivity index is 2.19. The molecule has 2 rings (SSSR count). The molecule has 0 bridgehead atoms. The molecular formula is C16H23NO2S. The van der Waals surface area contributed by atoms with Gasteiger partial charge in [-0.3, -0.25) is 9.69 Å². The lowest BCUT2D eigenvalue weighted by molar-refractivity contribution is -0.138. The van der Waals surface area contributed by atoms with Gasteiger partial charge in [-0.05, 0) is 12.0 Å². The summed E-state index contributed by atoms with van der Waals surface area (Å²) in [7, 11) is 0. The van der Waals surface area contributed by atoms with Gasteiger partial charge in [-0.25, -0.2) is 0 Å². The quantitative estimate of drug-likeness (QED) is 0.872. The fraction of sp³-hybridized carbons (Fsp3) is 0.562. The molecule has 0 saturated carbocycles. The third kappa shape index (κ3) is 4.00. The third-order valence-corrected chi connectivity index (χ3v) is 4.92. The molecule has 2 unspecified atom stereocenters. The van der Waals surface area contributed by atoms with Crippen LogP contribution in [-0.2, 0) is 4.79 Å². The molecule has 20 heavy (non-hydrogen) atoms. The van der Waals surface area contributed by atoms with Crippen LogP contribution in [0.25, 0.3) is 0 Å². The van der Waals surface area contributed by atoms with E-state index >= 15 is 0 Å². The Labute approximate surface area is 125 Å². The number of rotatable bonds is 6. The molecule has 0 spiro atoms. The maximum absolute atomic E-state index is 11.1. The van der Waals surface area contributed by atoms with E-state index in [0.29, 0.717) is 6.04 Å². The molecule has 3 nitrogen and oxygen atoms in total. The number of carboxylic acid groups (broad SMARTS) is 1. The van der Waals surface area contributed by atoms with Gasteiger partial charge in [0, 0.05) is 30.1 Å². The van der Waals surface area contributed by atoms with Crippen LogP contribution in [-0.4, -0.2) is 40.1 Å². The van der Waals surface area contributed by atoms with Gasteiger partial charge in [0.2, 0.25) is 0 Å². The molecule has 0 radical (unpaired) electrons. The summed E-state index contributed by atoms with van der Waals surface area (Å²) in [5.41, 5.74) is 1.32. The fourth-order valence-electron chi connectivity index (χ4n) is 2.93. The number of aliphatic carboxylic acids is 1. The molecule has 1 aliphatic heterocycles. The Morgan fingerprint density at radius 2 is 2.20 bits per heavy atom. The van der Waals surface area contributed by atoms with Gasteiger partial charge in [0.1, 0.15) is 0 Å². The van der Waals surface area contributed by atoms with Crippen molar-refractivity contribution in [1.29, 1.82) is 0 Å². The molecule has 1 aromatic rings. The Bertz CT molecular complexity index is 424. The van der Waals surface area contributed by atoms with Gasteiger partial charge in [-0.2, -0.15) is 11.8 Å². The lowest BCUT2D eigenvalue weighted by Gasteiger charge is -2.40. The highest BCUT2D eigenvalue weighted by Crippen LogP contribution is 2.32. The minimum atomic E-state index is -0.689. The molecule has 1 saturated heterocycles. The molecule has 1 aromatic carbocycles. The second-order valence-corrected chi connectivity index (χ2v) is 6.43. The average molecular weight is 293 g/mol. The number of nitrogens with zero attached hydrogens (tertiary/aromatic N) is 1. The standard InChI is InChI=1S/C16H23NO2S/c1-2-6-15(13-7-4-3-5-8-13)17-9-10-20-12-14(17)11-16(18)19/h3-5,7-8,14-15H,2,6,9-12H2,1H3,(H,18,19). The largest absolute Gasteiger partial charge is 0.481 e. The fourth-order valence-corrected chi connectivity index (χ4v) is 4.02. The number of thioether (sulfide) groups is 1. The van der Waals surface area contributed by atoms with E-state index in [1.54, 1.807) is 0 Å². The summed E-state index contributed by atoms with van der Waals surface area (Å²) >= 11 is 1.87. The first-order valence-electron chi connectivity index (χ1n) is 7.32. The molecule has 0 aromatic heterocycles. The van der Waals surface area contributed by atoms with Gasteiger partial charge in [-0.15, -0.1) is 0 Å². The predicted octanol–water partition coefficient (Wildman–Crippen LogP) is 3.42. The minimum Gasteiger partial charge on any atom is -0.481 e. The van der Waals surface area contributed by atoms with Gasteiger partial charge >= 0.3 is 5.97 Å². The van der Waals surface area contributed by atoms with E-state index < -0.39 is 5.97 Å². The Kier molecular flexibility index (Phi) is 5.92. The van der Waals surface area contributed by atoms with E-state index in [0.717, 1.165) is 30.9 Å². The first-order chi connectivity index (χ1) is 9.72. The van der Waals surface area contributed by atoms with Crippen LogP contribution in [0.4, 0.5) is 0 Å². The van der Waals surface area contributed by atoms with Crippen molar-refractivity contribution in [3.05, 3.63) is 35.9 Å². The summed E-state index contributed by atoms with van der Waals surface area (Å²) in [5.74, 6) is 1.34. The second kappa shape index (κ2) is 7.70. The Hall–Kier alpha value is -1.00. The van der Waals surface area contributed by atoms with Crippen molar-refractivity contribution in [3.8, 4) is 0 Å². The molecule has 0 aliphatic carbocycles. The molecule has 110 valence electrons. The maximum Gasteiger partial charge on any atom is 0.304 e. The molecule has 1 aliphatic rings. The molecule has 4 heteroatoms. The summed E-state index contributed by atoms with van der Waals surface area (Å²) in [6.07, 6.45) is 2.45. The van der Waals surface area contributed by atoms with Crippen molar-refractivity contribution in [2.75, 3.05) is 18.1 Å². The summed E-state index contributed by atoms with van der Waals surface area (Å²) in [5, 5.41) is 9.13. The van der Waals surface area contributed by atoms with Crippen LogP contribution in [0.3, 0.4) is 0 Å². The lowest BCUT2D eigenvalue weighted by Crippen LogP contribution is -2.45. The number of hydrogen-bond acceptors (Lipinski definition) is 3. The van der Waals surface area contributed by atoms with Crippen molar-refractivity contribution in [2.45, 2.75) is 38.3 Å². The van der Waals surface area contributed by atoms with Gasteiger partial charge in [0.15, 0.2) is 0 Å². The monoisotopic (exact) mass is 293 g/mol. The van der Waals surface area contributed by atoms with E-state index in [1.165, 1.54) is 5.56 Å². The van der Waals surface area contributed by atoms with E-state index in [2.05, 4.69) is 36.1 Å². The molecule has 0 amide bonds. The van der Waals surface area contributed by atoms with Crippen LogP contribution in [0.1, 0.15) is 37.8 Å². The molecule has 1 N–H and O–H groups in total. The van der Waals surface area contributed by atoms with E-state index in [4.69, 9.17) is 5.11 Å². The van der Waals surface area contributed by atoms with Crippen LogP contribution in [0.2, 0.25) is 0 Å². The normalized spacial score (nSPS) is 21.6. The van der Waals surface area contributed by atoms with Crippen molar-refractivity contribution < 1.29 is 9.90 Å². The third-order valence-electron chi connectivity index (χ3n) is 3.83. The van der Waals surface area contributed by atoms with Crippen LogP contribution in [0, 0.1) is 0 Å². The van der Waals surface area contributed by atoms with Gasteiger partial charge in [0.25, 0.3) is 0 Å². The smallest absolute Gasteiger partial charge is 0.304 e. The van der Waals surface area contributed by atoms with Crippen molar-refractivity contribution in [1.82, 2.24) is 4.90 Å². The zero-order chi connectivity index (χ0) is 14.4. The number of carbonyl (C=O) groups is 1. The second-order valence-electron chi connectivity index (χ2n) is 5.28. The van der Waals surface area contributed by atoms with Crippen LogP contribution < -0.4 is 0 Å². The first-order valence-corrected chi connectivity index (χ1v) is 8.48. The highest BCUT2D eigenvalue weighted by Gasteiger charge is 2.30. The van der Waals surface area contributed by atoms with Crippen molar-refractivity contribution in [2.24, 2.45) is 0 Å². The SMILES string of the molecule is CCCC(c1ccccc1)N1CCSCC1CC(=O)O. The highest BCUT2D eigenvalue weighted by atomic mass is 32.2. The van der Waals surface area contributed by atoms with Gasteiger partial charge in [-0.1, -0.05) is 43.7 Å².